The van der Waals surface area contributed by atoms with Crippen LogP contribution >= 0.6 is 11.6 Å². The van der Waals surface area contributed by atoms with Crippen molar-refractivity contribution in [2.75, 3.05) is 13.6 Å². The Morgan fingerprint density at radius 3 is 2.64 bits per heavy atom. The van der Waals surface area contributed by atoms with Gasteiger partial charge in [-0.2, -0.15) is 0 Å². The second kappa shape index (κ2) is 6.11. The normalized spacial score (nSPS) is 20.4. The van der Waals surface area contributed by atoms with E-state index in [1.54, 1.807) is 0 Å². The molecule has 1 heterocycles. The summed E-state index contributed by atoms with van der Waals surface area (Å²) in [5.41, 5.74) is 2.04. The van der Waals surface area contributed by atoms with E-state index in [-0.39, 0.29) is 5.97 Å². The minimum Gasteiger partial charge on any atom is -0.450 e. The molecule has 0 saturated heterocycles. The second-order valence-electron chi connectivity index (χ2n) is 5.58. The number of hydrogen-bond acceptors (Lipinski definition) is 3. The van der Waals surface area contributed by atoms with Crippen LogP contribution in [0.2, 0.25) is 5.02 Å². The molecule has 3 nitrogen and oxygen atoms in total. The number of carbonyl (C=O) groups excluding carboxylic acids is 1. The lowest BCUT2D eigenvalue weighted by atomic mass is 9.81. The molecule has 0 amide bonds. The highest BCUT2D eigenvalue weighted by atomic mass is 35.5. The Labute approximate surface area is 135 Å². The van der Waals surface area contributed by atoms with Crippen LogP contribution in [0.1, 0.15) is 27.9 Å². The molecule has 0 aliphatic carbocycles. The molecule has 2 aromatic rings. The molecular formula is C18H18ClNO2. The molecule has 0 saturated carbocycles. The number of hydrogen-bond donors (Lipinski definition) is 1. The minimum atomic E-state index is -0.640. The fourth-order valence-corrected chi connectivity index (χ4v) is 3.10. The first kappa shape index (κ1) is 15.1. The van der Waals surface area contributed by atoms with Crippen LogP contribution in [0.5, 0.6) is 0 Å². The summed E-state index contributed by atoms with van der Waals surface area (Å²) >= 11 is 5.99. The zero-order valence-electron chi connectivity index (χ0n) is 12.4. The SMILES string of the molecule is CNCCC1(c2ccc(Cl)cc2)Cc2ccccc2C(=O)O1. The van der Waals surface area contributed by atoms with Gasteiger partial charge in [0.05, 0.1) is 5.56 Å². The van der Waals surface area contributed by atoms with Gasteiger partial charge in [-0.3, -0.25) is 0 Å². The number of ether oxygens (including phenoxy) is 1. The van der Waals surface area contributed by atoms with E-state index in [0.717, 1.165) is 17.7 Å². The minimum absolute atomic E-state index is 0.257. The first-order valence-electron chi connectivity index (χ1n) is 7.36. The summed E-state index contributed by atoms with van der Waals surface area (Å²) < 4.78 is 5.91. The van der Waals surface area contributed by atoms with Crippen molar-refractivity contribution in [2.24, 2.45) is 0 Å². The van der Waals surface area contributed by atoms with Crippen molar-refractivity contribution in [3.8, 4) is 0 Å². The third kappa shape index (κ3) is 2.74. The van der Waals surface area contributed by atoms with Crippen LogP contribution in [0.25, 0.3) is 0 Å². The van der Waals surface area contributed by atoms with Crippen molar-refractivity contribution in [2.45, 2.75) is 18.4 Å². The molecule has 2 aromatic carbocycles. The van der Waals surface area contributed by atoms with E-state index in [9.17, 15) is 4.79 Å². The second-order valence-corrected chi connectivity index (χ2v) is 6.01. The van der Waals surface area contributed by atoms with Crippen LogP contribution in [0, 0.1) is 0 Å². The first-order valence-corrected chi connectivity index (χ1v) is 7.74. The van der Waals surface area contributed by atoms with Crippen LogP contribution in [-0.4, -0.2) is 19.6 Å². The van der Waals surface area contributed by atoms with Crippen LogP contribution in [0.3, 0.4) is 0 Å². The number of carbonyl (C=O) groups is 1. The van der Waals surface area contributed by atoms with E-state index in [1.165, 1.54) is 0 Å². The molecular weight excluding hydrogens is 298 g/mol. The molecule has 0 bridgehead atoms. The van der Waals surface area contributed by atoms with Crippen molar-refractivity contribution in [3.05, 3.63) is 70.2 Å². The van der Waals surface area contributed by atoms with Gasteiger partial charge in [-0.1, -0.05) is 41.9 Å². The average molecular weight is 316 g/mol. The number of rotatable bonds is 4. The molecule has 1 aliphatic heterocycles. The van der Waals surface area contributed by atoms with Gasteiger partial charge in [0.25, 0.3) is 0 Å². The topological polar surface area (TPSA) is 38.3 Å². The lowest BCUT2D eigenvalue weighted by Gasteiger charge is -2.38. The Morgan fingerprint density at radius 2 is 1.91 bits per heavy atom. The van der Waals surface area contributed by atoms with Crippen molar-refractivity contribution in [1.29, 1.82) is 0 Å². The molecule has 4 heteroatoms. The largest absolute Gasteiger partial charge is 0.450 e. The fourth-order valence-electron chi connectivity index (χ4n) is 2.98. The lowest BCUT2D eigenvalue weighted by molar-refractivity contribution is -0.0323. The zero-order valence-corrected chi connectivity index (χ0v) is 13.2. The van der Waals surface area contributed by atoms with E-state index in [2.05, 4.69) is 5.32 Å². The van der Waals surface area contributed by atoms with E-state index >= 15 is 0 Å². The van der Waals surface area contributed by atoms with Gasteiger partial charge >= 0.3 is 5.97 Å². The van der Waals surface area contributed by atoms with Gasteiger partial charge in [0, 0.05) is 17.9 Å². The molecule has 114 valence electrons. The Balaban J connectivity index is 2.04. The lowest BCUT2D eigenvalue weighted by Crippen LogP contribution is -2.41. The third-order valence-corrected chi connectivity index (χ3v) is 4.40. The van der Waals surface area contributed by atoms with Crippen molar-refractivity contribution in [1.82, 2.24) is 5.32 Å². The highest BCUT2D eigenvalue weighted by molar-refractivity contribution is 6.30. The summed E-state index contributed by atoms with van der Waals surface area (Å²) in [7, 11) is 1.90. The Hall–Kier alpha value is -1.84. The average Bonchev–Trinajstić information content (AvgIpc) is 2.53. The maximum absolute atomic E-state index is 12.4. The van der Waals surface area contributed by atoms with Gasteiger partial charge in [-0.25, -0.2) is 4.79 Å². The molecule has 1 unspecified atom stereocenters. The van der Waals surface area contributed by atoms with Gasteiger partial charge in [-0.15, -0.1) is 0 Å². The maximum atomic E-state index is 12.4. The molecule has 1 aliphatic rings. The van der Waals surface area contributed by atoms with Gasteiger partial charge in [0.2, 0.25) is 0 Å². The van der Waals surface area contributed by atoms with Gasteiger partial charge in [0.1, 0.15) is 5.60 Å². The molecule has 1 atom stereocenters. The van der Waals surface area contributed by atoms with Crippen molar-refractivity contribution < 1.29 is 9.53 Å². The van der Waals surface area contributed by atoms with Crippen LogP contribution in [-0.2, 0) is 16.8 Å². The van der Waals surface area contributed by atoms with Crippen LogP contribution < -0.4 is 5.32 Å². The number of fused-ring (bicyclic) bond motifs is 1. The zero-order chi connectivity index (χ0) is 15.6. The van der Waals surface area contributed by atoms with E-state index in [4.69, 9.17) is 16.3 Å². The summed E-state index contributed by atoms with van der Waals surface area (Å²) in [6.07, 6.45) is 1.39. The highest BCUT2D eigenvalue weighted by Gasteiger charge is 2.41. The predicted molar refractivity (Wildman–Crippen MR) is 87.2 cm³/mol. The van der Waals surface area contributed by atoms with Crippen LogP contribution in [0.4, 0.5) is 0 Å². The summed E-state index contributed by atoms with van der Waals surface area (Å²) in [6, 6.07) is 15.2. The number of benzene rings is 2. The molecule has 3 rings (SSSR count). The Bertz CT molecular complexity index is 684. The summed E-state index contributed by atoms with van der Waals surface area (Å²) in [6.45, 7) is 0.762. The Kier molecular flexibility index (Phi) is 4.19. The smallest absolute Gasteiger partial charge is 0.339 e. The van der Waals surface area contributed by atoms with E-state index in [1.807, 2.05) is 55.6 Å². The number of esters is 1. The first-order chi connectivity index (χ1) is 10.6. The standard InChI is InChI=1S/C18H18ClNO2/c1-20-11-10-18(14-6-8-15(19)9-7-14)12-13-4-2-3-5-16(13)17(21)22-18/h2-9,20H,10-12H2,1H3. The van der Waals surface area contributed by atoms with Crippen molar-refractivity contribution in [3.63, 3.8) is 0 Å². The number of cyclic esters (lactones) is 1. The Morgan fingerprint density at radius 1 is 1.18 bits per heavy atom. The molecule has 22 heavy (non-hydrogen) atoms. The molecule has 1 N–H and O–H groups in total. The van der Waals surface area contributed by atoms with Crippen molar-refractivity contribution >= 4 is 17.6 Å². The molecule has 0 fully saturated rings. The molecule has 0 radical (unpaired) electrons. The molecule has 0 aromatic heterocycles. The van der Waals surface area contributed by atoms with E-state index < -0.39 is 5.60 Å². The predicted octanol–water partition coefficient (Wildman–Crippen LogP) is 3.56. The number of nitrogens with one attached hydrogen (secondary N) is 1. The molecule has 0 spiro atoms. The number of halogens is 1. The third-order valence-electron chi connectivity index (χ3n) is 4.15. The summed E-state index contributed by atoms with van der Waals surface area (Å²) in [4.78, 5) is 12.4. The van der Waals surface area contributed by atoms with Gasteiger partial charge in [-0.05, 0) is 42.9 Å². The summed E-state index contributed by atoms with van der Waals surface area (Å²) in [5, 5.41) is 3.82. The van der Waals surface area contributed by atoms with Gasteiger partial charge < -0.3 is 10.1 Å². The van der Waals surface area contributed by atoms with Gasteiger partial charge in [0.15, 0.2) is 0 Å². The highest BCUT2D eigenvalue weighted by Crippen LogP contribution is 2.39. The van der Waals surface area contributed by atoms with E-state index in [0.29, 0.717) is 23.4 Å². The monoisotopic (exact) mass is 315 g/mol. The van der Waals surface area contributed by atoms with Crippen LogP contribution in [0.15, 0.2) is 48.5 Å². The maximum Gasteiger partial charge on any atom is 0.339 e. The summed E-state index contributed by atoms with van der Waals surface area (Å²) in [5.74, 6) is -0.257. The quantitative estimate of drug-likeness (QED) is 0.877. The fraction of sp³-hybridized carbons (Fsp3) is 0.278.